The second-order valence-electron chi connectivity index (χ2n) is 6.90. The third kappa shape index (κ3) is 8.87. The molecule has 28 heavy (non-hydrogen) atoms. The summed E-state index contributed by atoms with van der Waals surface area (Å²) in [4.78, 5) is 10.5. The second-order valence-corrected chi connectivity index (χ2v) is 6.90. The lowest BCUT2D eigenvalue weighted by atomic mass is 10.1. The van der Waals surface area contributed by atoms with Gasteiger partial charge in [0, 0.05) is 13.1 Å². The molecule has 0 saturated carbocycles. The van der Waals surface area contributed by atoms with Crippen molar-refractivity contribution in [2.45, 2.75) is 39.0 Å². The molecule has 4 heteroatoms. The van der Waals surface area contributed by atoms with Crippen molar-refractivity contribution in [3.05, 3.63) is 71.8 Å². The first kappa shape index (κ1) is 21.7. The van der Waals surface area contributed by atoms with E-state index in [2.05, 4.69) is 60.8 Å². The summed E-state index contributed by atoms with van der Waals surface area (Å²) in [7, 11) is 0. The number of ether oxygens (including phenoxy) is 1. The predicted octanol–water partition coefficient (Wildman–Crippen LogP) is 4.95. The van der Waals surface area contributed by atoms with Gasteiger partial charge in [-0.05, 0) is 61.4 Å². The van der Waals surface area contributed by atoms with Crippen LogP contribution < -0.4 is 10.1 Å². The van der Waals surface area contributed by atoms with Crippen LogP contribution in [-0.4, -0.2) is 30.8 Å². The fourth-order valence-corrected chi connectivity index (χ4v) is 2.90. The van der Waals surface area contributed by atoms with Gasteiger partial charge in [0.05, 0.1) is 13.0 Å². The first-order chi connectivity index (χ1) is 13.6. The lowest BCUT2D eigenvalue weighted by molar-refractivity contribution is -0.136. The summed E-state index contributed by atoms with van der Waals surface area (Å²) in [5, 5.41) is 11.7. The number of allylic oxidation sites excluding steroid dienone is 1. The Morgan fingerprint density at radius 3 is 2.50 bits per heavy atom. The molecule has 4 nitrogen and oxygen atoms in total. The molecule has 0 aliphatic carbocycles. The predicted molar refractivity (Wildman–Crippen MR) is 115 cm³/mol. The molecule has 0 aliphatic rings. The highest BCUT2D eigenvalue weighted by molar-refractivity contribution is 5.67. The summed E-state index contributed by atoms with van der Waals surface area (Å²) < 4.78 is 5.84. The normalized spacial score (nSPS) is 11.4. The topological polar surface area (TPSA) is 58.6 Å². The smallest absolute Gasteiger partial charge is 0.304 e. The Labute approximate surface area is 168 Å². The molecule has 0 spiro atoms. The molecule has 0 unspecified atom stereocenters. The van der Waals surface area contributed by atoms with Crippen LogP contribution in [0.1, 0.15) is 43.7 Å². The number of hydrogen-bond acceptors (Lipinski definition) is 3. The maximum absolute atomic E-state index is 10.5. The third-order valence-corrected chi connectivity index (χ3v) is 4.60. The lowest BCUT2D eigenvalue weighted by Crippen LogP contribution is -2.18. The number of carboxylic acid groups (broad SMARTS) is 1. The Morgan fingerprint density at radius 1 is 1.04 bits per heavy atom. The molecule has 0 fully saturated rings. The van der Waals surface area contributed by atoms with Gasteiger partial charge in [-0.1, -0.05) is 48.5 Å². The summed E-state index contributed by atoms with van der Waals surface area (Å²) in [5.74, 6) is 0.124. The summed E-state index contributed by atoms with van der Waals surface area (Å²) in [6, 6.07) is 18.7. The zero-order valence-corrected chi connectivity index (χ0v) is 16.7. The van der Waals surface area contributed by atoms with Crippen LogP contribution in [0.5, 0.6) is 5.75 Å². The highest BCUT2D eigenvalue weighted by Crippen LogP contribution is 2.18. The Morgan fingerprint density at radius 2 is 1.79 bits per heavy atom. The van der Waals surface area contributed by atoms with Crippen molar-refractivity contribution < 1.29 is 14.6 Å². The van der Waals surface area contributed by atoms with Gasteiger partial charge in [-0.3, -0.25) is 4.79 Å². The number of carbonyl (C=O) groups is 1. The van der Waals surface area contributed by atoms with E-state index in [1.165, 1.54) is 18.4 Å². The second kappa shape index (κ2) is 12.7. The molecule has 0 aromatic heterocycles. The molecular formula is C24H31NO3. The summed E-state index contributed by atoms with van der Waals surface area (Å²) in [5.41, 5.74) is 3.71. The minimum absolute atomic E-state index is 0.144. The van der Waals surface area contributed by atoms with Crippen LogP contribution in [0.15, 0.2) is 60.7 Å². The minimum Gasteiger partial charge on any atom is -0.494 e. The van der Waals surface area contributed by atoms with Crippen LogP contribution >= 0.6 is 0 Å². The Bertz CT molecular complexity index is 723. The molecule has 2 rings (SSSR count). The molecule has 150 valence electrons. The van der Waals surface area contributed by atoms with Crippen molar-refractivity contribution in [2.24, 2.45) is 0 Å². The summed E-state index contributed by atoms with van der Waals surface area (Å²) in [6.45, 7) is 3.95. The van der Waals surface area contributed by atoms with E-state index in [1.807, 2.05) is 12.1 Å². The molecule has 2 N–H and O–H groups in total. The molecule has 0 saturated heterocycles. The molecule has 0 aliphatic heterocycles. The van der Waals surface area contributed by atoms with Gasteiger partial charge in [-0.15, -0.1) is 0 Å². The van der Waals surface area contributed by atoms with E-state index < -0.39 is 5.97 Å². The van der Waals surface area contributed by atoms with Gasteiger partial charge >= 0.3 is 5.97 Å². The maximum Gasteiger partial charge on any atom is 0.304 e. The van der Waals surface area contributed by atoms with Crippen LogP contribution in [0.3, 0.4) is 0 Å². The van der Waals surface area contributed by atoms with Crippen LogP contribution in [0, 0.1) is 0 Å². The van der Waals surface area contributed by atoms with Crippen molar-refractivity contribution >= 4 is 11.5 Å². The number of aliphatic carboxylic acids is 1. The number of unbranched alkanes of at least 4 members (excludes halogenated alkanes) is 2. The average molecular weight is 382 g/mol. The zero-order chi connectivity index (χ0) is 20.0. The van der Waals surface area contributed by atoms with Gasteiger partial charge in [0.2, 0.25) is 0 Å². The third-order valence-electron chi connectivity index (χ3n) is 4.60. The fraction of sp³-hybridized carbons (Fsp3) is 0.375. The quantitative estimate of drug-likeness (QED) is 0.482. The average Bonchev–Trinajstić information content (AvgIpc) is 2.71. The van der Waals surface area contributed by atoms with Gasteiger partial charge in [0.1, 0.15) is 5.75 Å². The minimum atomic E-state index is -0.778. The van der Waals surface area contributed by atoms with E-state index in [0.29, 0.717) is 13.1 Å². The van der Waals surface area contributed by atoms with E-state index in [1.54, 1.807) is 0 Å². The molecule has 0 radical (unpaired) electrons. The van der Waals surface area contributed by atoms with Gasteiger partial charge < -0.3 is 15.2 Å². The van der Waals surface area contributed by atoms with Crippen molar-refractivity contribution in [1.29, 1.82) is 0 Å². The van der Waals surface area contributed by atoms with Crippen LogP contribution in [0.4, 0.5) is 0 Å². The Hall–Kier alpha value is -2.59. The van der Waals surface area contributed by atoms with E-state index in [0.717, 1.165) is 36.3 Å². The Balaban J connectivity index is 1.61. The van der Waals surface area contributed by atoms with Gasteiger partial charge in [0.25, 0.3) is 0 Å². The van der Waals surface area contributed by atoms with Gasteiger partial charge in [-0.2, -0.15) is 0 Å². The number of rotatable bonds is 13. The number of hydrogen-bond donors (Lipinski definition) is 2. The molecule has 0 amide bonds. The van der Waals surface area contributed by atoms with Crippen molar-refractivity contribution in [3.8, 4) is 5.75 Å². The number of carboxylic acids is 1. The monoisotopic (exact) mass is 381 g/mol. The lowest BCUT2D eigenvalue weighted by Gasteiger charge is -2.08. The number of nitrogens with one attached hydrogen (secondary N) is 1. The van der Waals surface area contributed by atoms with E-state index in [-0.39, 0.29) is 6.42 Å². The molecular weight excluding hydrogens is 350 g/mol. The molecule has 0 heterocycles. The largest absolute Gasteiger partial charge is 0.494 e. The van der Waals surface area contributed by atoms with Crippen molar-refractivity contribution in [3.63, 3.8) is 0 Å². The number of benzene rings is 2. The molecule has 0 atom stereocenters. The van der Waals surface area contributed by atoms with E-state index in [9.17, 15) is 4.79 Å². The number of aryl methyl sites for hydroxylation is 1. The van der Waals surface area contributed by atoms with Crippen molar-refractivity contribution in [1.82, 2.24) is 5.32 Å². The van der Waals surface area contributed by atoms with E-state index in [4.69, 9.17) is 9.84 Å². The molecule has 0 bridgehead atoms. The SMILES string of the molecule is CC(=CCNCCC(=O)O)c1ccc(OCCCCCc2ccccc2)cc1. The fourth-order valence-electron chi connectivity index (χ4n) is 2.90. The Kier molecular flexibility index (Phi) is 9.87. The van der Waals surface area contributed by atoms with Gasteiger partial charge in [0.15, 0.2) is 0 Å². The maximum atomic E-state index is 10.5. The standard InChI is InChI=1S/C24H31NO3/c1-20(15-17-25-18-16-24(26)27)22-11-13-23(14-12-22)28-19-7-3-6-10-21-8-4-2-5-9-21/h2,4-5,8-9,11-15,25H,3,6-7,10,16-19H2,1H3,(H,26,27). The van der Waals surface area contributed by atoms with Gasteiger partial charge in [-0.25, -0.2) is 0 Å². The first-order valence-electron chi connectivity index (χ1n) is 10.0. The highest BCUT2D eigenvalue weighted by Gasteiger charge is 1.99. The molecule has 2 aromatic carbocycles. The van der Waals surface area contributed by atoms with Crippen LogP contribution in [-0.2, 0) is 11.2 Å². The van der Waals surface area contributed by atoms with E-state index >= 15 is 0 Å². The van der Waals surface area contributed by atoms with Crippen LogP contribution in [0.25, 0.3) is 5.57 Å². The van der Waals surface area contributed by atoms with Crippen LogP contribution in [0.2, 0.25) is 0 Å². The van der Waals surface area contributed by atoms with Crippen molar-refractivity contribution in [2.75, 3.05) is 19.7 Å². The zero-order valence-electron chi connectivity index (χ0n) is 16.7. The summed E-state index contributed by atoms with van der Waals surface area (Å²) in [6.07, 6.45) is 6.78. The highest BCUT2D eigenvalue weighted by atomic mass is 16.5. The molecule has 2 aromatic rings. The first-order valence-corrected chi connectivity index (χ1v) is 10.0. The summed E-state index contributed by atoms with van der Waals surface area (Å²) >= 11 is 0.